The Morgan fingerprint density at radius 2 is 1.57 bits per heavy atom. The van der Waals surface area contributed by atoms with Gasteiger partial charge in [-0.2, -0.15) is 0 Å². The zero-order valence-electron chi connectivity index (χ0n) is 25.1. The van der Waals surface area contributed by atoms with Gasteiger partial charge in [0.2, 0.25) is 11.8 Å². The van der Waals surface area contributed by atoms with E-state index in [1.807, 2.05) is 65.8 Å². The number of nitrogens with zero attached hydrogens (tertiary/aromatic N) is 2. The monoisotopic (exact) mass is 657 g/mol. The van der Waals surface area contributed by atoms with Crippen LogP contribution in [0.2, 0.25) is 0 Å². The van der Waals surface area contributed by atoms with Crippen LogP contribution in [0.15, 0.2) is 82.2 Å². The molecular weight excluding hydrogens is 618 g/mol. The van der Waals surface area contributed by atoms with Crippen LogP contribution in [0.5, 0.6) is 5.75 Å². The molecule has 0 fully saturated rings. The number of hydrogen-bond acceptors (Lipinski definition) is 5. The number of sulfonamides is 1. The number of carbonyl (C=O) groups is 2. The highest BCUT2D eigenvalue weighted by Gasteiger charge is 2.34. The minimum absolute atomic E-state index is 0.0374. The molecule has 0 saturated carbocycles. The highest BCUT2D eigenvalue weighted by Crippen LogP contribution is 2.28. The van der Waals surface area contributed by atoms with Crippen molar-refractivity contribution >= 4 is 43.5 Å². The van der Waals surface area contributed by atoms with Crippen LogP contribution in [0.25, 0.3) is 0 Å². The lowest BCUT2D eigenvalue weighted by molar-refractivity contribution is -0.141. The third-order valence-corrected chi connectivity index (χ3v) is 8.92. The van der Waals surface area contributed by atoms with Gasteiger partial charge in [0, 0.05) is 16.6 Å². The molecule has 3 rings (SSSR count). The summed E-state index contributed by atoms with van der Waals surface area (Å²) in [4.78, 5) is 29.2. The minimum atomic E-state index is -4.16. The summed E-state index contributed by atoms with van der Waals surface area (Å²) in [5, 5.41) is 2.99. The van der Waals surface area contributed by atoms with Crippen molar-refractivity contribution in [3.8, 4) is 5.75 Å². The van der Waals surface area contributed by atoms with Crippen LogP contribution in [0.4, 0.5) is 5.69 Å². The summed E-state index contributed by atoms with van der Waals surface area (Å²) < 4.78 is 35.4. The molecule has 0 bridgehead atoms. The molecule has 0 radical (unpaired) electrons. The van der Waals surface area contributed by atoms with Crippen LogP contribution >= 0.6 is 15.9 Å². The Bertz CT molecular complexity index is 1470. The van der Waals surface area contributed by atoms with Crippen molar-refractivity contribution in [3.63, 3.8) is 0 Å². The summed E-state index contributed by atoms with van der Waals surface area (Å²) in [6, 6.07) is 19.7. The fourth-order valence-electron chi connectivity index (χ4n) is 4.48. The van der Waals surface area contributed by atoms with E-state index in [1.54, 1.807) is 36.4 Å². The van der Waals surface area contributed by atoms with Gasteiger partial charge in [0.25, 0.3) is 10.0 Å². The highest BCUT2D eigenvalue weighted by molar-refractivity contribution is 9.10. The molecule has 0 unspecified atom stereocenters. The molecule has 226 valence electrons. The third kappa shape index (κ3) is 8.58. The van der Waals surface area contributed by atoms with Crippen LogP contribution in [-0.2, 0) is 26.2 Å². The van der Waals surface area contributed by atoms with E-state index in [2.05, 4.69) is 21.2 Å². The largest absolute Gasteiger partial charge is 0.494 e. The molecular formula is C32H40BrN3O5S. The lowest BCUT2D eigenvalue weighted by atomic mass is 10.0. The Morgan fingerprint density at radius 3 is 2.12 bits per heavy atom. The van der Waals surface area contributed by atoms with E-state index in [4.69, 9.17) is 4.74 Å². The number of ether oxygens (including phenoxy) is 1. The molecule has 3 aromatic rings. The van der Waals surface area contributed by atoms with Crippen LogP contribution in [0.1, 0.15) is 52.2 Å². The maximum Gasteiger partial charge on any atom is 0.264 e. The molecule has 10 heteroatoms. The van der Waals surface area contributed by atoms with Gasteiger partial charge < -0.3 is 15.0 Å². The predicted octanol–water partition coefficient (Wildman–Crippen LogP) is 6.07. The van der Waals surface area contributed by atoms with E-state index in [1.165, 1.54) is 17.0 Å². The number of aryl methyl sites for hydroxylation is 1. The molecule has 0 aromatic heterocycles. The first-order chi connectivity index (χ1) is 19.8. The molecule has 0 saturated heterocycles. The number of halogens is 1. The Labute approximate surface area is 258 Å². The Morgan fingerprint density at radius 1 is 0.952 bits per heavy atom. The third-order valence-electron chi connectivity index (χ3n) is 6.60. The highest BCUT2D eigenvalue weighted by atomic mass is 79.9. The maximum absolute atomic E-state index is 14.2. The van der Waals surface area contributed by atoms with E-state index >= 15 is 0 Å². The van der Waals surface area contributed by atoms with Crippen LogP contribution in [-0.4, -0.2) is 49.9 Å². The van der Waals surface area contributed by atoms with Gasteiger partial charge >= 0.3 is 0 Å². The summed E-state index contributed by atoms with van der Waals surface area (Å²) in [5.74, 6) is -0.210. The van der Waals surface area contributed by atoms with E-state index < -0.39 is 34.1 Å². The molecule has 1 atom stereocenters. The normalized spacial score (nSPS) is 12.4. The summed E-state index contributed by atoms with van der Waals surface area (Å²) >= 11 is 3.35. The zero-order chi connectivity index (χ0) is 31.1. The molecule has 0 aliphatic carbocycles. The minimum Gasteiger partial charge on any atom is -0.494 e. The molecule has 0 aliphatic rings. The van der Waals surface area contributed by atoms with Crippen molar-refractivity contribution in [3.05, 3.63) is 88.4 Å². The van der Waals surface area contributed by atoms with Gasteiger partial charge in [0.05, 0.1) is 17.2 Å². The second-order valence-corrected chi connectivity index (χ2v) is 13.8. The molecule has 3 aromatic carbocycles. The number of nitrogens with one attached hydrogen (secondary N) is 1. The maximum atomic E-state index is 14.2. The van der Waals surface area contributed by atoms with Crippen molar-refractivity contribution in [1.82, 2.24) is 10.2 Å². The number of anilines is 1. The topological polar surface area (TPSA) is 96.0 Å². The van der Waals surface area contributed by atoms with Crippen LogP contribution < -0.4 is 14.4 Å². The van der Waals surface area contributed by atoms with E-state index in [0.29, 0.717) is 24.5 Å². The van der Waals surface area contributed by atoms with Crippen LogP contribution in [0, 0.1) is 6.92 Å². The van der Waals surface area contributed by atoms with Gasteiger partial charge in [-0.15, -0.1) is 0 Å². The van der Waals surface area contributed by atoms with Gasteiger partial charge in [0.1, 0.15) is 18.3 Å². The zero-order valence-corrected chi connectivity index (χ0v) is 27.5. The summed E-state index contributed by atoms with van der Waals surface area (Å²) in [6.45, 7) is 11.4. The van der Waals surface area contributed by atoms with Gasteiger partial charge in [-0.3, -0.25) is 13.9 Å². The van der Waals surface area contributed by atoms with Gasteiger partial charge in [-0.25, -0.2) is 8.42 Å². The summed E-state index contributed by atoms with van der Waals surface area (Å²) in [7, 11) is -4.16. The van der Waals surface area contributed by atoms with Gasteiger partial charge in [-0.05, 0) is 101 Å². The van der Waals surface area contributed by atoms with E-state index in [9.17, 15) is 18.0 Å². The van der Waals surface area contributed by atoms with Crippen molar-refractivity contribution in [2.45, 2.75) is 71.0 Å². The Hall–Kier alpha value is -3.37. The Kier molecular flexibility index (Phi) is 11.2. The quantitative estimate of drug-likeness (QED) is 0.255. The number of benzene rings is 3. The average molecular weight is 659 g/mol. The molecule has 42 heavy (non-hydrogen) atoms. The number of amides is 2. The molecule has 2 amide bonds. The Balaban J connectivity index is 2.08. The first-order valence-corrected chi connectivity index (χ1v) is 16.2. The van der Waals surface area contributed by atoms with Crippen molar-refractivity contribution in [2.75, 3.05) is 17.5 Å². The fraction of sp³-hybridized carbons (Fsp3) is 0.375. The van der Waals surface area contributed by atoms with Crippen LogP contribution in [0.3, 0.4) is 0 Å². The summed E-state index contributed by atoms with van der Waals surface area (Å²) in [6.07, 6.45) is 0.349. The first-order valence-electron chi connectivity index (χ1n) is 13.9. The van der Waals surface area contributed by atoms with Gasteiger partial charge in [-0.1, -0.05) is 47.1 Å². The second-order valence-electron chi connectivity index (χ2n) is 11.0. The van der Waals surface area contributed by atoms with Crippen molar-refractivity contribution in [2.24, 2.45) is 0 Å². The molecule has 8 nitrogen and oxygen atoms in total. The standard InChI is InChI=1S/C32H40BrN3O5S/c1-7-29(31(38)34-32(4,5)6)35(21-24-12-10-9-11-23(24)3)30(37)22-36(26-15-17-27(18-16-26)41-8-2)42(39,40)28-19-13-25(33)14-20-28/h9-20,29H,7-8,21-22H2,1-6H3,(H,34,38)/t29-/m1/s1. The molecule has 0 aliphatic heterocycles. The smallest absolute Gasteiger partial charge is 0.264 e. The lowest BCUT2D eigenvalue weighted by Gasteiger charge is -2.35. The SMILES string of the molecule is CCOc1ccc(N(CC(=O)N(Cc2ccccc2C)[C@H](CC)C(=O)NC(C)(C)C)S(=O)(=O)c2ccc(Br)cc2)cc1. The second kappa shape index (κ2) is 14.2. The fourth-order valence-corrected chi connectivity index (χ4v) is 6.16. The predicted molar refractivity (Wildman–Crippen MR) is 170 cm³/mol. The molecule has 0 heterocycles. The van der Waals surface area contributed by atoms with E-state index in [0.717, 1.165) is 19.9 Å². The molecule has 1 N–H and O–H groups in total. The first kappa shape index (κ1) is 33.1. The number of hydrogen-bond donors (Lipinski definition) is 1. The number of carbonyl (C=O) groups excluding carboxylic acids is 2. The van der Waals surface area contributed by atoms with Crippen molar-refractivity contribution < 1.29 is 22.7 Å². The lowest BCUT2D eigenvalue weighted by Crippen LogP contribution is -2.55. The average Bonchev–Trinajstić information content (AvgIpc) is 2.92. The van der Waals surface area contributed by atoms with Crippen molar-refractivity contribution in [1.29, 1.82) is 0 Å². The molecule has 0 spiro atoms. The van der Waals surface area contributed by atoms with E-state index in [-0.39, 0.29) is 17.3 Å². The summed E-state index contributed by atoms with van der Waals surface area (Å²) in [5.41, 5.74) is 1.63. The number of rotatable bonds is 12. The van der Waals surface area contributed by atoms with Gasteiger partial charge in [0.15, 0.2) is 0 Å².